The van der Waals surface area contributed by atoms with Crippen LogP contribution in [0.5, 0.6) is 0 Å². The summed E-state index contributed by atoms with van der Waals surface area (Å²) < 4.78 is 5.38. The van der Waals surface area contributed by atoms with Crippen LogP contribution in [-0.4, -0.2) is 40.4 Å². The summed E-state index contributed by atoms with van der Waals surface area (Å²) in [6.45, 7) is 9.77. The van der Waals surface area contributed by atoms with Crippen molar-refractivity contribution in [2.75, 3.05) is 23.8 Å². The molecule has 0 saturated heterocycles. The minimum atomic E-state index is -0.338. The summed E-state index contributed by atoms with van der Waals surface area (Å²) in [5.74, 6) is 2.21. The molecule has 0 saturated carbocycles. The molecular formula is C15H28N4O2. The molecule has 0 amide bonds. The summed E-state index contributed by atoms with van der Waals surface area (Å²) in [5.41, 5.74) is 0. The third kappa shape index (κ3) is 7.24. The zero-order valence-corrected chi connectivity index (χ0v) is 13.5. The van der Waals surface area contributed by atoms with E-state index in [-0.39, 0.29) is 12.1 Å². The molecule has 3 N–H and O–H groups in total. The largest absolute Gasteiger partial charge is 0.393 e. The van der Waals surface area contributed by atoms with Crippen LogP contribution in [0.3, 0.4) is 0 Å². The second-order valence-corrected chi connectivity index (χ2v) is 5.25. The van der Waals surface area contributed by atoms with Crippen LogP contribution in [0, 0.1) is 0 Å². The van der Waals surface area contributed by atoms with Gasteiger partial charge < -0.3 is 20.5 Å². The molecule has 0 radical (unpaired) electrons. The SMILES string of the molecule is CCCNc1cc(NC(C)CC(C)O)nc(COCC)n1. The average molecular weight is 296 g/mol. The summed E-state index contributed by atoms with van der Waals surface area (Å²) >= 11 is 0. The highest BCUT2D eigenvalue weighted by Crippen LogP contribution is 2.14. The number of rotatable bonds is 10. The highest BCUT2D eigenvalue weighted by Gasteiger charge is 2.09. The fourth-order valence-electron chi connectivity index (χ4n) is 2.00. The Morgan fingerprint density at radius 1 is 1.24 bits per heavy atom. The van der Waals surface area contributed by atoms with Crippen molar-refractivity contribution in [3.63, 3.8) is 0 Å². The monoisotopic (exact) mass is 296 g/mol. The first kappa shape index (κ1) is 17.7. The quantitative estimate of drug-likeness (QED) is 0.615. The lowest BCUT2D eigenvalue weighted by Gasteiger charge is -2.17. The van der Waals surface area contributed by atoms with Gasteiger partial charge in [-0.15, -0.1) is 0 Å². The minimum absolute atomic E-state index is 0.138. The molecule has 2 unspecified atom stereocenters. The Balaban J connectivity index is 2.79. The molecule has 0 aliphatic rings. The zero-order chi connectivity index (χ0) is 15.7. The number of hydrogen-bond acceptors (Lipinski definition) is 6. The predicted octanol–water partition coefficient (Wildman–Crippen LogP) is 2.41. The van der Waals surface area contributed by atoms with E-state index in [0.717, 1.165) is 24.6 Å². The Bertz CT molecular complexity index is 386. The fourth-order valence-corrected chi connectivity index (χ4v) is 2.00. The molecule has 2 atom stereocenters. The van der Waals surface area contributed by atoms with Crippen LogP contribution in [0.2, 0.25) is 0 Å². The highest BCUT2D eigenvalue weighted by atomic mass is 16.5. The number of ether oxygens (including phenoxy) is 1. The number of nitrogens with one attached hydrogen (secondary N) is 2. The van der Waals surface area contributed by atoms with Crippen LogP contribution in [-0.2, 0) is 11.3 Å². The molecule has 21 heavy (non-hydrogen) atoms. The lowest BCUT2D eigenvalue weighted by Crippen LogP contribution is -2.22. The normalized spacial score (nSPS) is 13.8. The summed E-state index contributed by atoms with van der Waals surface area (Å²) in [5, 5.41) is 16.0. The number of nitrogens with zero attached hydrogens (tertiary/aromatic N) is 2. The van der Waals surface area contributed by atoms with Gasteiger partial charge in [0.1, 0.15) is 18.2 Å². The highest BCUT2D eigenvalue weighted by molar-refractivity contribution is 5.48. The van der Waals surface area contributed by atoms with Gasteiger partial charge in [0, 0.05) is 25.3 Å². The van der Waals surface area contributed by atoms with Gasteiger partial charge in [0.15, 0.2) is 5.82 Å². The van der Waals surface area contributed by atoms with E-state index in [1.807, 2.05) is 19.9 Å². The van der Waals surface area contributed by atoms with E-state index < -0.39 is 0 Å². The molecule has 1 heterocycles. The van der Waals surface area contributed by atoms with E-state index in [0.29, 0.717) is 25.5 Å². The summed E-state index contributed by atoms with van der Waals surface area (Å²) in [6, 6.07) is 2.03. The Kier molecular flexibility index (Phi) is 8.00. The molecule has 1 rings (SSSR count). The topological polar surface area (TPSA) is 79.3 Å². The maximum absolute atomic E-state index is 9.44. The van der Waals surface area contributed by atoms with E-state index in [2.05, 4.69) is 27.5 Å². The van der Waals surface area contributed by atoms with Crippen LogP contribution in [0.4, 0.5) is 11.6 Å². The Labute approximate surface area is 127 Å². The Morgan fingerprint density at radius 2 is 1.95 bits per heavy atom. The molecule has 6 heteroatoms. The molecule has 6 nitrogen and oxygen atoms in total. The van der Waals surface area contributed by atoms with E-state index in [1.54, 1.807) is 6.92 Å². The smallest absolute Gasteiger partial charge is 0.158 e. The molecule has 1 aromatic rings. The van der Waals surface area contributed by atoms with Gasteiger partial charge >= 0.3 is 0 Å². The van der Waals surface area contributed by atoms with Gasteiger partial charge in [0.05, 0.1) is 6.10 Å². The van der Waals surface area contributed by atoms with Gasteiger partial charge in [-0.2, -0.15) is 0 Å². The number of aromatic nitrogens is 2. The van der Waals surface area contributed by atoms with Crippen molar-refractivity contribution in [2.24, 2.45) is 0 Å². The number of aliphatic hydroxyl groups excluding tert-OH is 1. The number of hydrogen-bond donors (Lipinski definition) is 3. The molecule has 0 bridgehead atoms. The van der Waals surface area contributed by atoms with Crippen molar-refractivity contribution in [3.8, 4) is 0 Å². The van der Waals surface area contributed by atoms with Gasteiger partial charge in [0.2, 0.25) is 0 Å². The second kappa shape index (κ2) is 9.52. The average Bonchev–Trinajstić information content (AvgIpc) is 2.41. The summed E-state index contributed by atoms with van der Waals surface area (Å²) in [6.07, 6.45) is 1.36. The molecule has 0 fully saturated rings. The van der Waals surface area contributed by atoms with Crippen molar-refractivity contribution in [2.45, 2.75) is 59.3 Å². The Morgan fingerprint density at radius 3 is 2.57 bits per heavy atom. The fraction of sp³-hybridized carbons (Fsp3) is 0.733. The number of aliphatic hydroxyl groups is 1. The van der Waals surface area contributed by atoms with Crippen molar-refractivity contribution in [1.82, 2.24) is 9.97 Å². The molecule has 0 aliphatic heterocycles. The predicted molar refractivity (Wildman–Crippen MR) is 85.5 cm³/mol. The zero-order valence-electron chi connectivity index (χ0n) is 13.5. The van der Waals surface area contributed by atoms with Crippen molar-refractivity contribution < 1.29 is 9.84 Å². The van der Waals surface area contributed by atoms with Crippen LogP contribution < -0.4 is 10.6 Å². The second-order valence-electron chi connectivity index (χ2n) is 5.25. The molecule has 0 spiro atoms. The summed E-state index contributed by atoms with van der Waals surface area (Å²) in [4.78, 5) is 8.90. The van der Waals surface area contributed by atoms with E-state index in [4.69, 9.17) is 4.74 Å². The van der Waals surface area contributed by atoms with Gasteiger partial charge in [-0.1, -0.05) is 6.92 Å². The molecule has 1 aromatic heterocycles. The lowest BCUT2D eigenvalue weighted by molar-refractivity contribution is 0.128. The summed E-state index contributed by atoms with van der Waals surface area (Å²) in [7, 11) is 0. The van der Waals surface area contributed by atoms with Gasteiger partial charge in [-0.25, -0.2) is 9.97 Å². The van der Waals surface area contributed by atoms with Crippen molar-refractivity contribution in [3.05, 3.63) is 11.9 Å². The van der Waals surface area contributed by atoms with Gasteiger partial charge in [0.25, 0.3) is 0 Å². The first-order valence-electron chi connectivity index (χ1n) is 7.69. The third-order valence-corrected chi connectivity index (χ3v) is 2.85. The number of anilines is 2. The maximum atomic E-state index is 9.44. The Hall–Kier alpha value is -1.40. The van der Waals surface area contributed by atoms with E-state index in [1.165, 1.54) is 0 Å². The minimum Gasteiger partial charge on any atom is -0.393 e. The van der Waals surface area contributed by atoms with Crippen LogP contribution in [0.1, 0.15) is 46.4 Å². The van der Waals surface area contributed by atoms with Gasteiger partial charge in [-0.05, 0) is 33.6 Å². The van der Waals surface area contributed by atoms with E-state index in [9.17, 15) is 5.11 Å². The molecular weight excluding hydrogens is 268 g/mol. The van der Waals surface area contributed by atoms with E-state index >= 15 is 0 Å². The lowest BCUT2D eigenvalue weighted by atomic mass is 10.1. The standard InChI is InChI=1S/C15H28N4O2/c1-5-7-16-13-9-14(17-11(3)8-12(4)20)19-15(18-13)10-21-6-2/h9,11-12,20H,5-8,10H2,1-4H3,(H2,16,17,18,19). The van der Waals surface area contributed by atoms with Crippen LogP contribution in [0.15, 0.2) is 6.07 Å². The van der Waals surface area contributed by atoms with Gasteiger partial charge in [-0.3, -0.25) is 0 Å². The maximum Gasteiger partial charge on any atom is 0.158 e. The molecule has 0 aliphatic carbocycles. The third-order valence-electron chi connectivity index (χ3n) is 2.85. The van der Waals surface area contributed by atoms with Crippen LogP contribution in [0.25, 0.3) is 0 Å². The van der Waals surface area contributed by atoms with Crippen molar-refractivity contribution in [1.29, 1.82) is 0 Å². The van der Waals surface area contributed by atoms with Crippen molar-refractivity contribution >= 4 is 11.6 Å². The first-order valence-corrected chi connectivity index (χ1v) is 7.69. The molecule has 120 valence electrons. The van der Waals surface area contributed by atoms with Crippen LogP contribution >= 0.6 is 0 Å². The first-order chi connectivity index (χ1) is 10.0. The molecule has 0 aromatic carbocycles.